The van der Waals surface area contributed by atoms with Crippen molar-refractivity contribution in [1.82, 2.24) is 0 Å². The van der Waals surface area contributed by atoms with Crippen molar-refractivity contribution in [3.05, 3.63) is 65.7 Å². The minimum Gasteiger partial charge on any atom is -0.322 e. The fourth-order valence-electron chi connectivity index (χ4n) is 2.42. The molecule has 0 fully saturated rings. The lowest BCUT2D eigenvalue weighted by Crippen LogP contribution is -2.07. The van der Waals surface area contributed by atoms with Gasteiger partial charge in [-0.25, -0.2) is 0 Å². The van der Waals surface area contributed by atoms with Crippen molar-refractivity contribution < 1.29 is 9.09 Å². The normalized spacial score (nSPS) is 21.0. The highest BCUT2D eigenvalue weighted by atomic mass is 31.2. The van der Waals surface area contributed by atoms with Crippen LogP contribution < -0.4 is 5.30 Å². The van der Waals surface area contributed by atoms with Crippen molar-refractivity contribution in [1.29, 1.82) is 0 Å². The summed E-state index contributed by atoms with van der Waals surface area (Å²) in [6.45, 7) is 2.32. The highest BCUT2D eigenvalue weighted by molar-refractivity contribution is 7.78. The van der Waals surface area contributed by atoms with E-state index in [-0.39, 0.29) is 0 Å². The zero-order chi connectivity index (χ0) is 13.3. The number of rotatable bonds is 3. The molecule has 3 heteroatoms. The van der Waals surface area contributed by atoms with Crippen LogP contribution in [0.25, 0.3) is 11.4 Å². The van der Waals surface area contributed by atoms with Crippen LogP contribution in [-0.2, 0) is 9.09 Å². The minimum atomic E-state index is -2.93. The first-order valence-electron chi connectivity index (χ1n) is 6.37. The molecule has 0 aliphatic carbocycles. The summed E-state index contributed by atoms with van der Waals surface area (Å²) in [6.07, 6.45) is 1.99. The summed E-state index contributed by atoms with van der Waals surface area (Å²) < 4.78 is 18.9. The number of benzene rings is 2. The summed E-state index contributed by atoms with van der Waals surface area (Å²) in [5, 5.41) is 1.62. The molecular formula is C16H15O2P. The van der Waals surface area contributed by atoms with Gasteiger partial charge in [-0.15, -0.1) is 0 Å². The molecule has 0 radical (unpaired) electrons. The Hall–Kier alpha value is -1.63. The van der Waals surface area contributed by atoms with Gasteiger partial charge < -0.3 is 4.52 Å². The SMILES string of the molecule is CCOP1(=O)C(c2ccccc2)=Cc2ccccc21. The zero-order valence-electron chi connectivity index (χ0n) is 10.7. The van der Waals surface area contributed by atoms with Gasteiger partial charge in [0.1, 0.15) is 0 Å². The third-order valence-electron chi connectivity index (χ3n) is 3.24. The summed E-state index contributed by atoms with van der Waals surface area (Å²) in [5.41, 5.74) is 1.97. The standard InChI is InChI=1S/C16H15O2P/c1-2-18-19(17)15-11-7-6-10-14(15)12-16(19)13-8-4-3-5-9-13/h3-12H,2H2,1H3. The number of hydrogen-bond acceptors (Lipinski definition) is 2. The Bertz CT molecular complexity index is 674. The molecule has 96 valence electrons. The molecule has 1 unspecified atom stereocenters. The van der Waals surface area contributed by atoms with E-state index in [2.05, 4.69) is 0 Å². The van der Waals surface area contributed by atoms with E-state index in [0.29, 0.717) is 6.61 Å². The summed E-state index contributed by atoms with van der Waals surface area (Å²) in [6, 6.07) is 17.6. The largest absolute Gasteiger partial charge is 0.322 e. The number of hydrogen-bond donors (Lipinski definition) is 0. The molecule has 2 nitrogen and oxygen atoms in total. The van der Waals surface area contributed by atoms with Gasteiger partial charge in [0.2, 0.25) is 0 Å². The predicted octanol–water partition coefficient (Wildman–Crippen LogP) is 4.14. The first kappa shape index (κ1) is 12.4. The molecule has 1 aliphatic rings. The van der Waals surface area contributed by atoms with Crippen LogP contribution in [-0.4, -0.2) is 6.61 Å². The lowest BCUT2D eigenvalue weighted by Gasteiger charge is -2.17. The van der Waals surface area contributed by atoms with Gasteiger partial charge in [-0.05, 0) is 30.2 Å². The van der Waals surface area contributed by atoms with E-state index in [4.69, 9.17) is 4.52 Å². The zero-order valence-corrected chi connectivity index (χ0v) is 11.6. The second-order valence-corrected chi connectivity index (χ2v) is 6.75. The molecule has 0 bridgehead atoms. The summed E-state index contributed by atoms with van der Waals surface area (Å²) in [4.78, 5) is 0. The van der Waals surface area contributed by atoms with Crippen LogP contribution in [0, 0.1) is 0 Å². The fourth-order valence-corrected chi connectivity index (χ4v) is 4.88. The molecule has 1 atom stereocenters. The van der Waals surface area contributed by atoms with Crippen LogP contribution in [0.1, 0.15) is 18.1 Å². The number of fused-ring (bicyclic) bond motifs is 1. The molecule has 0 spiro atoms. The molecule has 2 aromatic rings. The minimum absolute atomic E-state index is 0.440. The first-order valence-corrected chi connectivity index (χ1v) is 8.00. The molecule has 1 heterocycles. The maximum atomic E-state index is 13.3. The highest BCUT2D eigenvalue weighted by Gasteiger charge is 2.37. The van der Waals surface area contributed by atoms with E-state index in [1.165, 1.54) is 0 Å². The Morgan fingerprint density at radius 1 is 1.00 bits per heavy atom. The lowest BCUT2D eigenvalue weighted by molar-refractivity contribution is 0.349. The molecule has 0 saturated carbocycles. The average Bonchev–Trinajstić information content (AvgIpc) is 2.74. The van der Waals surface area contributed by atoms with Crippen LogP contribution in [0.4, 0.5) is 0 Å². The highest BCUT2D eigenvalue weighted by Crippen LogP contribution is 2.62. The molecule has 1 aliphatic heterocycles. The van der Waals surface area contributed by atoms with Crippen LogP contribution in [0.2, 0.25) is 0 Å². The Kier molecular flexibility index (Phi) is 3.14. The Labute approximate surface area is 113 Å². The molecule has 0 aromatic heterocycles. The topological polar surface area (TPSA) is 26.3 Å². The van der Waals surface area contributed by atoms with Crippen molar-refractivity contribution in [3.63, 3.8) is 0 Å². The summed E-state index contributed by atoms with van der Waals surface area (Å²) >= 11 is 0. The van der Waals surface area contributed by atoms with Gasteiger partial charge in [0, 0.05) is 10.6 Å². The molecule has 19 heavy (non-hydrogen) atoms. The van der Waals surface area contributed by atoms with Crippen molar-refractivity contribution >= 4 is 24.1 Å². The quantitative estimate of drug-likeness (QED) is 0.783. The van der Waals surface area contributed by atoms with Crippen molar-refractivity contribution in [2.45, 2.75) is 6.92 Å². The van der Waals surface area contributed by atoms with E-state index in [1.807, 2.05) is 67.6 Å². The Morgan fingerprint density at radius 2 is 1.68 bits per heavy atom. The van der Waals surface area contributed by atoms with Crippen molar-refractivity contribution in [2.75, 3.05) is 6.61 Å². The van der Waals surface area contributed by atoms with Gasteiger partial charge >= 0.3 is 0 Å². The maximum Gasteiger partial charge on any atom is 0.262 e. The molecular weight excluding hydrogens is 255 g/mol. The Balaban J connectivity index is 2.18. The van der Waals surface area contributed by atoms with Gasteiger partial charge in [-0.3, -0.25) is 4.57 Å². The van der Waals surface area contributed by atoms with Gasteiger partial charge in [-0.1, -0.05) is 48.5 Å². The monoisotopic (exact) mass is 270 g/mol. The third kappa shape index (κ3) is 1.98. The Morgan fingerprint density at radius 3 is 2.42 bits per heavy atom. The molecule has 2 aromatic carbocycles. The van der Waals surface area contributed by atoms with Gasteiger partial charge in [0.15, 0.2) is 0 Å². The van der Waals surface area contributed by atoms with Gasteiger partial charge in [-0.2, -0.15) is 0 Å². The molecule has 0 saturated heterocycles. The van der Waals surface area contributed by atoms with E-state index < -0.39 is 7.37 Å². The van der Waals surface area contributed by atoms with Crippen LogP contribution >= 0.6 is 7.37 Å². The third-order valence-corrected chi connectivity index (χ3v) is 5.93. The molecule has 3 rings (SSSR count). The molecule has 0 N–H and O–H groups in total. The van der Waals surface area contributed by atoms with E-state index in [0.717, 1.165) is 21.7 Å². The van der Waals surface area contributed by atoms with E-state index >= 15 is 0 Å². The first-order chi connectivity index (χ1) is 9.25. The van der Waals surface area contributed by atoms with Crippen molar-refractivity contribution in [3.8, 4) is 0 Å². The van der Waals surface area contributed by atoms with Crippen LogP contribution in [0.3, 0.4) is 0 Å². The maximum absolute atomic E-state index is 13.3. The van der Waals surface area contributed by atoms with Crippen LogP contribution in [0.15, 0.2) is 54.6 Å². The lowest BCUT2D eigenvalue weighted by atomic mass is 10.1. The van der Waals surface area contributed by atoms with Gasteiger partial charge in [0.05, 0.1) is 6.61 Å². The fraction of sp³-hybridized carbons (Fsp3) is 0.125. The second kappa shape index (κ2) is 4.80. The van der Waals surface area contributed by atoms with E-state index in [9.17, 15) is 4.57 Å². The molecule has 0 amide bonds. The predicted molar refractivity (Wildman–Crippen MR) is 79.6 cm³/mol. The van der Waals surface area contributed by atoms with Crippen LogP contribution in [0.5, 0.6) is 0 Å². The van der Waals surface area contributed by atoms with E-state index in [1.54, 1.807) is 0 Å². The average molecular weight is 270 g/mol. The summed E-state index contributed by atoms with van der Waals surface area (Å²) in [7, 11) is -2.93. The van der Waals surface area contributed by atoms with Gasteiger partial charge in [0.25, 0.3) is 7.37 Å². The second-order valence-electron chi connectivity index (χ2n) is 4.42. The summed E-state index contributed by atoms with van der Waals surface area (Å²) in [5.74, 6) is 0. The van der Waals surface area contributed by atoms with Crippen molar-refractivity contribution in [2.24, 2.45) is 0 Å². The smallest absolute Gasteiger partial charge is 0.262 e.